The van der Waals surface area contributed by atoms with Crippen LogP contribution in [0.15, 0.2) is 30.3 Å². The van der Waals surface area contributed by atoms with E-state index in [1.54, 1.807) is 0 Å². The van der Waals surface area contributed by atoms with Crippen LogP contribution in [0, 0.1) is 5.92 Å². The number of amides is 3. The minimum Gasteiger partial charge on any atom is -0.354 e. The number of aryl methyl sites for hydroxylation is 1. The number of nitrogens with one attached hydrogen (secondary N) is 2. The number of urea groups is 1. The summed E-state index contributed by atoms with van der Waals surface area (Å²) in [7, 11) is 0. The maximum absolute atomic E-state index is 12.4. The molecule has 2 fully saturated rings. The van der Waals surface area contributed by atoms with Crippen LogP contribution in [0.4, 0.5) is 4.79 Å². The Hall–Kier alpha value is -2.04. The topological polar surface area (TPSA) is 61.4 Å². The lowest BCUT2D eigenvalue weighted by atomic mass is 9.90. The van der Waals surface area contributed by atoms with Gasteiger partial charge in [0, 0.05) is 19.6 Å². The van der Waals surface area contributed by atoms with Gasteiger partial charge in [-0.1, -0.05) is 30.3 Å². The Morgan fingerprint density at radius 1 is 1.12 bits per heavy atom. The molecule has 3 amide bonds. The molecule has 2 heterocycles. The number of likely N-dealkylation sites (tertiary alicyclic amines) is 1. The van der Waals surface area contributed by atoms with E-state index in [0.29, 0.717) is 5.92 Å². The summed E-state index contributed by atoms with van der Waals surface area (Å²) in [6, 6.07) is 10.1. The third-order valence-electron chi connectivity index (χ3n) is 5.42. The van der Waals surface area contributed by atoms with Gasteiger partial charge in [0.25, 0.3) is 0 Å². The molecule has 2 aliphatic heterocycles. The third-order valence-corrected chi connectivity index (χ3v) is 5.42. The largest absolute Gasteiger partial charge is 0.354 e. The highest BCUT2D eigenvalue weighted by Crippen LogP contribution is 2.22. The van der Waals surface area contributed by atoms with E-state index in [0.717, 1.165) is 58.2 Å². The normalized spacial score (nSPS) is 22.2. The first kappa shape index (κ1) is 17.8. The Labute approximate surface area is 150 Å². The van der Waals surface area contributed by atoms with E-state index in [1.165, 1.54) is 12.0 Å². The summed E-state index contributed by atoms with van der Waals surface area (Å²) in [4.78, 5) is 26.3. The molecule has 0 spiro atoms. The molecular formula is C20H29N3O2. The number of hydrogen-bond acceptors (Lipinski definition) is 2. The molecule has 0 unspecified atom stereocenters. The van der Waals surface area contributed by atoms with Gasteiger partial charge in [0.1, 0.15) is 6.04 Å². The van der Waals surface area contributed by atoms with Crippen molar-refractivity contribution < 1.29 is 9.59 Å². The second kappa shape index (κ2) is 8.88. The first-order valence-corrected chi connectivity index (χ1v) is 9.59. The zero-order valence-corrected chi connectivity index (χ0v) is 14.9. The number of hydrogen-bond donors (Lipinski definition) is 2. The lowest BCUT2D eigenvalue weighted by Gasteiger charge is -2.33. The van der Waals surface area contributed by atoms with Crippen molar-refractivity contribution in [1.82, 2.24) is 15.5 Å². The van der Waals surface area contributed by atoms with Crippen molar-refractivity contribution in [2.24, 2.45) is 5.92 Å². The Bertz CT molecular complexity index is 568. The van der Waals surface area contributed by atoms with E-state index >= 15 is 0 Å². The Morgan fingerprint density at radius 2 is 1.88 bits per heavy atom. The van der Waals surface area contributed by atoms with Crippen LogP contribution in [0.25, 0.3) is 0 Å². The summed E-state index contributed by atoms with van der Waals surface area (Å²) in [5.74, 6) is 0.647. The van der Waals surface area contributed by atoms with Gasteiger partial charge in [-0.2, -0.15) is 0 Å². The molecule has 0 saturated carbocycles. The van der Waals surface area contributed by atoms with Gasteiger partial charge in [-0.05, 0) is 56.4 Å². The van der Waals surface area contributed by atoms with Gasteiger partial charge in [0.15, 0.2) is 0 Å². The second-order valence-electron chi connectivity index (χ2n) is 7.24. The molecule has 0 aliphatic carbocycles. The smallest absolute Gasteiger partial charge is 0.318 e. The molecule has 0 bridgehead atoms. The monoisotopic (exact) mass is 343 g/mol. The SMILES string of the molecule is O=C1NCCCC[C@H]1NC(=O)N1CCC(CCc2ccccc2)CC1. The predicted molar refractivity (Wildman–Crippen MR) is 98.2 cm³/mol. The zero-order chi connectivity index (χ0) is 17.5. The standard InChI is InChI=1S/C20H29N3O2/c24-19-18(8-4-5-13-21-19)22-20(25)23-14-11-17(12-15-23)10-9-16-6-2-1-3-7-16/h1-3,6-7,17-18H,4-5,8-15H2,(H,21,24)(H,22,25)/t18-/m1/s1. The number of carbonyl (C=O) groups excluding carboxylic acids is 2. The quantitative estimate of drug-likeness (QED) is 0.883. The van der Waals surface area contributed by atoms with Crippen molar-refractivity contribution in [2.75, 3.05) is 19.6 Å². The number of piperidine rings is 1. The maximum atomic E-state index is 12.4. The van der Waals surface area contributed by atoms with Crippen LogP contribution in [-0.4, -0.2) is 42.5 Å². The highest BCUT2D eigenvalue weighted by molar-refractivity contribution is 5.87. The fraction of sp³-hybridized carbons (Fsp3) is 0.600. The molecule has 2 saturated heterocycles. The number of nitrogens with zero attached hydrogens (tertiary/aromatic N) is 1. The van der Waals surface area contributed by atoms with E-state index < -0.39 is 0 Å². The molecule has 1 aromatic carbocycles. The van der Waals surface area contributed by atoms with E-state index in [4.69, 9.17) is 0 Å². The molecule has 2 aliphatic rings. The van der Waals surface area contributed by atoms with Crippen molar-refractivity contribution in [3.05, 3.63) is 35.9 Å². The van der Waals surface area contributed by atoms with Gasteiger partial charge in [-0.15, -0.1) is 0 Å². The molecule has 136 valence electrons. The van der Waals surface area contributed by atoms with Gasteiger partial charge in [0.05, 0.1) is 0 Å². The van der Waals surface area contributed by atoms with Crippen LogP contribution < -0.4 is 10.6 Å². The van der Waals surface area contributed by atoms with Gasteiger partial charge in [0.2, 0.25) is 5.91 Å². The van der Waals surface area contributed by atoms with Crippen LogP contribution in [-0.2, 0) is 11.2 Å². The molecule has 1 aromatic rings. The molecule has 0 radical (unpaired) electrons. The number of benzene rings is 1. The van der Waals surface area contributed by atoms with E-state index in [1.807, 2.05) is 4.90 Å². The number of carbonyl (C=O) groups is 2. The van der Waals surface area contributed by atoms with Gasteiger partial charge in [-0.3, -0.25) is 4.79 Å². The minimum absolute atomic E-state index is 0.0383. The first-order valence-electron chi connectivity index (χ1n) is 9.59. The summed E-state index contributed by atoms with van der Waals surface area (Å²) < 4.78 is 0. The zero-order valence-electron chi connectivity index (χ0n) is 14.9. The summed E-state index contributed by atoms with van der Waals surface area (Å²) >= 11 is 0. The van der Waals surface area contributed by atoms with Crippen molar-refractivity contribution in [3.8, 4) is 0 Å². The minimum atomic E-state index is -0.370. The summed E-state index contributed by atoms with van der Waals surface area (Å²) in [6.45, 7) is 2.30. The molecule has 0 aromatic heterocycles. The Morgan fingerprint density at radius 3 is 2.64 bits per heavy atom. The van der Waals surface area contributed by atoms with Crippen LogP contribution in [0.2, 0.25) is 0 Å². The molecule has 25 heavy (non-hydrogen) atoms. The average molecular weight is 343 g/mol. The average Bonchev–Trinajstić information content (AvgIpc) is 2.86. The fourth-order valence-electron chi connectivity index (χ4n) is 3.76. The molecule has 1 atom stereocenters. The van der Waals surface area contributed by atoms with Crippen LogP contribution in [0.1, 0.15) is 44.1 Å². The second-order valence-corrected chi connectivity index (χ2v) is 7.24. The predicted octanol–water partition coefficient (Wildman–Crippen LogP) is 2.71. The van der Waals surface area contributed by atoms with Crippen molar-refractivity contribution in [3.63, 3.8) is 0 Å². The van der Waals surface area contributed by atoms with E-state index in [9.17, 15) is 9.59 Å². The van der Waals surface area contributed by atoms with Crippen LogP contribution in [0.3, 0.4) is 0 Å². The van der Waals surface area contributed by atoms with Gasteiger partial charge < -0.3 is 15.5 Å². The lowest BCUT2D eigenvalue weighted by Crippen LogP contribution is -2.52. The number of rotatable bonds is 4. The summed E-state index contributed by atoms with van der Waals surface area (Å²) in [6.07, 6.45) is 7.11. The molecular weight excluding hydrogens is 314 g/mol. The van der Waals surface area contributed by atoms with Crippen LogP contribution in [0.5, 0.6) is 0 Å². The van der Waals surface area contributed by atoms with Crippen molar-refractivity contribution in [1.29, 1.82) is 0 Å². The van der Waals surface area contributed by atoms with E-state index in [-0.39, 0.29) is 18.0 Å². The lowest BCUT2D eigenvalue weighted by molar-refractivity contribution is -0.122. The third kappa shape index (κ3) is 5.21. The van der Waals surface area contributed by atoms with Crippen molar-refractivity contribution in [2.45, 2.75) is 51.0 Å². The Kier molecular flexibility index (Phi) is 6.31. The van der Waals surface area contributed by atoms with Gasteiger partial charge in [-0.25, -0.2) is 4.79 Å². The van der Waals surface area contributed by atoms with Gasteiger partial charge >= 0.3 is 6.03 Å². The van der Waals surface area contributed by atoms with Crippen molar-refractivity contribution >= 4 is 11.9 Å². The molecule has 5 nitrogen and oxygen atoms in total. The first-order chi connectivity index (χ1) is 12.2. The summed E-state index contributed by atoms with van der Waals surface area (Å²) in [5, 5.41) is 5.80. The highest BCUT2D eigenvalue weighted by Gasteiger charge is 2.27. The maximum Gasteiger partial charge on any atom is 0.318 e. The van der Waals surface area contributed by atoms with E-state index in [2.05, 4.69) is 41.0 Å². The molecule has 3 rings (SSSR count). The molecule has 2 N–H and O–H groups in total. The fourth-order valence-corrected chi connectivity index (χ4v) is 3.76. The summed E-state index contributed by atoms with van der Waals surface area (Å²) in [5.41, 5.74) is 1.39. The Balaban J connectivity index is 1.40. The van der Waals surface area contributed by atoms with Crippen LogP contribution >= 0.6 is 0 Å². The molecule has 5 heteroatoms. The highest BCUT2D eigenvalue weighted by atomic mass is 16.2.